The molecule has 2 aromatic carbocycles. The van der Waals surface area contributed by atoms with Crippen LogP contribution in [0.1, 0.15) is 28.8 Å². The van der Waals surface area contributed by atoms with E-state index in [0.29, 0.717) is 23.9 Å². The molecular weight excluding hydrogens is 354 g/mol. The Labute approximate surface area is 165 Å². The summed E-state index contributed by atoms with van der Waals surface area (Å²) in [4.78, 5) is 25.9. The Morgan fingerprint density at radius 3 is 2.54 bits per heavy atom. The number of hydrogen-bond donors (Lipinski definition) is 2. The minimum absolute atomic E-state index is 0.0396. The molecule has 3 rings (SSSR count). The van der Waals surface area contributed by atoms with Crippen LogP contribution < -0.4 is 20.3 Å². The number of benzene rings is 2. The highest BCUT2D eigenvalue weighted by Gasteiger charge is 2.23. The van der Waals surface area contributed by atoms with Crippen LogP contribution in [-0.4, -0.2) is 45.1 Å². The van der Waals surface area contributed by atoms with E-state index in [1.165, 1.54) is 0 Å². The molecule has 2 amide bonds. The van der Waals surface area contributed by atoms with E-state index in [1.54, 1.807) is 0 Å². The molecule has 0 spiro atoms. The second kappa shape index (κ2) is 9.26. The molecule has 0 bridgehead atoms. The van der Waals surface area contributed by atoms with Crippen LogP contribution in [0.25, 0.3) is 0 Å². The van der Waals surface area contributed by atoms with Gasteiger partial charge < -0.3 is 20.3 Å². The Kier molecular flexibility index (Phi) is 6.53. The van der Waals surface area contributed by atoms with Gasteiger partial charge >= 0.3 is 0 Å². The predicted molar refractivity (Wildman–Crippen MR) is 110 cm³/mol. The van der Waals surface area contributed by atoms with Gasteiger partial charge in [0.05, 0.1) is 0 Å². The van der Waals surface area contributed by atoms with Crippen LogP contribution in [0.3, 0.4) is 0 Å². The fraction of sp³-hybridized carbons (Fsp3) is 0.364. The number of amides is 2. The van der Waals surface area contributed by atoms with Crippen molar-refractivity contribution in [2.75, 3.05) is 32.1 Å². The highest BCUT2D eigenvalue weighted by atomic mass is 16.5. The molecule has 2 aromatic rings. The molecule has 1 fully saturated rings. The van der Waals surface area contributed by atoms with Crippen molar-refractivity contribution in [3.8, 4) is 5.75 Å². The first-order chi connectivity index (χ1) is 13.5. The third kappa shape index (κ3) is 6.01. The zero-order valence-electron chi connectivity index (χ0n) is 16.4. The summed E-state index contributed by atoms with van der Waals surface area (Å²) in [6.45, 7) is 0.590. The molecule has 1 saturated carbocycles. The Bertz CT molecular complexity index is 814. The largest absolute Gasteiger partial charge is 0.484 e. The van der Waals surface area contributed by atoms with Crippen molar-refractivity contribution in [2.24, 2.45) is 0 Å². The van der Waals surface area contributed by atoms with Crippen molar-refractivity contribution in [1.82, 2.24) is 10.6 Å². The predicted octanol–water partition coefficient (Wildman–Crippen LogP) is 2.38. The van der Waals surface area contributed by atoms with Gasteiger partial charge in [-0.25, -0.2) is 0 Å². The van der Waals surface area contributed by atoms with Crippen molar-refractivity contribution in [1.29, 1.82) is 0 Å². The van der Waals surface area contributed by atoms with Gasteiger partial charge in [0.2, 0.25) is 0 Å². The van der Waals surface area contributed by atoms with E-state index in [9.17, 15) is 9.59 Å². The van der Waals surface area contributed by atoms with Gasteiger partial charge in [-0.3, -0.25) is 9.59 Å². The van der Waals surface area contributed by atoms with Crippen molar-refractivity contribution in [3.05, 3.63) is 59.7 Å². The molecule has 1 aliphatic rings. The molecular formula is C22H27N3O3. The fourth-order valence-corrected chi connectivity index (χ4v) is 2.75. The first-order valence-electron chi connectivity index (χ1n) is 9.58. The van der Waals surface area contributed by atoms with Gasteiger partial charge in [-0.05, 0) is 55.2 Å². The van der Waals surface area contributed by atoms with E-state index in [4.69, 9.17) is 4.74 Å². The lowest BCUT2D eigenvalue weighted by molar-refractivity contribution is -0.123. The number of nitrogens with zero attached hydrogens (tertiary/aromatic N) is 1. The smallest absolute Gasteiger partial charge is 0.258 e. The SMILES string of the molecule is CN(C)c1cccc(C(=O)NCCc2ccc(OCC(=O)NC3CC3)cc2)c1. The normalized spacial score (nSPS) is 12.9. The van der Waals surface area contributed by atoms with Crippen molar-refractivity contribution in [3.63, 3.8) is 0 Å². The number of anilines is 1. The zero-order valence-corrected chi connectivity index (χ0v) is 16.4. The van der Waals surface area contributed by atoms with Crippen LogP contribution in [0.4, 0.5) is 5.69 Å². The molecule has 0 heterocycles. The maximum atomic E-state index is 12.3. The monoisotopic (exact) mass is 381 g/mol. The zero-order chi connectivity index (χ0) is 19.9. The first-order valence-corrected chi connectivity index (χ1v) is 9.58. The molecule has 0 aliphatic heterocycles. The standard InChI is InChI=1S/C22H27N3O3/c1-25(2)19-5-3-4-17(14-19)22(27)23-13-12-16-6-10-20(11-7-16)28-15-21(26)24-18-8-9-18/h3-7,10-11,14,18H,8-9,12-13,15H2,1-2H3,(H,23,27)(H,24,26). The summed E-state index contributed by atoms with van der Waals surface area (Å²) < 4.78 is 5.50. The summed E-state index contributed by atoms with van der Waals surface area (Å²) in [5.41, 5.74) is 2.74. The lowest BCUT2D eigenvalue weighted by Crippen LogP contribution is -2.30. The molecule has 148 valence electrons. The number of ether oxygens (including phenoxy) is 1. The molecule has 6 heteroatoms. The quantitative estimate of drug-likeness (QED) is 0.700. The molecule has 0 unspecified atom stereocenters. The van der Waals surface area contributed by atoms with Gasteiger partial charge in [0.1, 0.15) is 5.75 Å². The summed E-state index contributed by atoms with van der Waals surface area (Å²) in [5, 5.41) is 5.84. The van der Waals surface area contributed by atoms with Gasteiger partial charge in [-0.1, -0.05) is 18.2 Å². The fourth-order valence-electron chi connectivity index (χ4n) is 2.75. The number of carbonyl (C=O) groups is 2. The van der Waals surface area contributed by atoms with Gasteiger partial charge in [0, 0.05) is 37.9 Å². The molecule has 1 aliphatic carbocycles. The Hall–Kier alpha value is -3.02. The van der Waals surface area contributed by atoms with Crippen LogP contribution in [0.15, 0.2) is 48.5 Å². The van der Waals surface area contributed by atoms with Gasteiger partial charge in [0.25, 0.3) is 11.8 Å². The molecule has 0 radical (unpaired) electrons. The Morgan fingerprint density at radius 1 is 1.11 bits per heavy atom. The third-order valence-corrected chi connectivity index (χ3v) is 4.56. The number of nitrogens with one attached hydrogen (secondary N) is 2. The Morgan fingerprint density at radius 2 is 1.86 bits per heavy atom. The number of rotatable bonds is 9. The molecule has 0 atom stereocenters. The van der Waals surface area contributed by atoms with Crippen molar-refractivity contribution < 1.29 is 14.3 Å². The third-order valence-electron chi connectivity index (χ3n) is 4.56. The molecule has 0 saturated heterocycles. The van der Waals surface area contributed by atoms with E-state index in [1.807, 2.05) is 67.5 Å². The van der Waals surface area contributed by atoms with E-state index in [-0.39, 0.29) is 18.4 Å². The second-order valence-electron chi connectivity index (χ2n) is 7.23. The summed E-state index contributed by atoms with van der Waals surface area (Å²) in [6, 6.07) is 15.5. The first kappa shape index (κ1) is 19.7. The summed E-state index contributed by atoms with van der Waals surface area (Å²) >= 11 is 0. The molecule has 0 aromatic heterocycles. The number of hydrogen-bond acceptors (Lipinski definition) is 4. The van der Waals surface area contributed by atoms with Gasteiger partial charge in [0.15, 0.2) is 6.61 Å². The average molecular weight is 381 g/mol. The lowest BCUT2D eigenvalue weighted by Gasteiger charge is -2.13. The highest BCUT2D eigenvalue weighted by Crippen LogP contribution is 2.18. The van der Waals surface area contributed by atoms with Crippen LogP contribution in [0.2, 0.25) is 0 Å². The molecule has 2 N–H and O–H groups in total. The number of carbonyl (C=O) groups excluding carboxylic acids is 2. The average Bonchev–Trinajstić information content (AvgIpc) is 3.51. The van der Waals surface area contributed by atoms with E-state index in [0.717, 1.165) is 30.5 Å². The van der Waals surface area contributed by atoms with Crippen LogP contribution in [-0.2, 0) is 11.2 Å². The van der Waals surface area contributed by atoms with Crippen LogP contribution >= 0.6 is 0 Å². The van der Waals surface area contributed by atoms with Crippen molar-refractivity contribution in [2.45, 2.75) is 25.3 Å². The molecule has 6 nitrogen and oxygen atoms in total. The van der Waals surface area contributed by atoms with E-state index >= 15 is 0 Å². The molecule has 28 heavy (non-hydrogen) atoms. The van der Waals surface area contributed by atoms with Crippen LogP contribution in [0.5, 0.6) is 5.75 Å². The van der Waals surface area contributed by atoms with Crippen molar-refractivity contribution >= 4 is 17.5 Å². The minimum atomic E-state index is -0.0784. The van der Waals surface area contributed by atoms with Gasteiger partial charge in [-0.15, -0.1) is 0 Å². The highest BCUT2D eigenvalue weighted by molar-refractivity contribution is 5.95. The summed E-state index contributed by atoms with van der Waals surface area (Å²) in [7, 11) is 3.90. The lowest BCUT2D eigenvalue weighted by atomic mass is 10.1. The van der Waals surface area contributed by atoms with E-state index in [2.05, 4.69) is 10.6 Å². The second-order valence-corrected chi connectivity index (χ2v) is 7.23. The maximum Gasteiger partial charge on any atom is 0.258 e. The Balaban J connectivity index is 1.41. The summed E-state index contributed by atoms with van der Waals surface area (Å²) in [5.74, 6) is 0.511. The van der Waals surface area contributed by atoms with E-state index < -0.39 is 0 Å². The maximum absolute atomic E-state index is 12.3. The minimum Gasteiger partial charge on any atom is -0.484 e. The van der Waals surface area contributed by atoms with Crippen LogP contribution in [0, 0.1) is 0 Å². The summed E-state index contributed by atoms with van der Waals surface area (Å²) in [6.07, 6.45) is 2.86. The topological polar surface area (TPSA) is 70.7 Å². The van der Waals surface area contributed by atoms with Gasteiger partial charge in [-0.2, -0.15) is 0 Å².